The fourth-order valence-electron chi connectivity index (χ4n) is 3.34. The largest absolute Gasteiger partial charge is 0.388 e. The van der Waals surface area contributed by atoms with Crippen LogP contribution in [0, 0.1) is 18.8 Å². The minimum absolute atomic E-state index is 0.354. The number of hydrogen-bond acceptors (Lipinski definition) is 1. The monoisotopic (exact) mass is 266 g/mol. The minimum atomic E-state index is -0.354. The number of aliphatic hydroxyl groups excluding tert-OH is 1. The van der Waals surface area contributed by atoms with Crippen LogP contribution in [-0.4, -0.2) is 5.11 Å². The second kappa shape index (κ2) is 6.08. The molecule has 1 N–H and O–H groups in total. The Bertz CT molecular complexity index is 382. The summed E-state index contributed by atoms with van der Waals surface area (Å²) in [5, 5.41) is 11.4. The van der Waals surface area contributed by atoms with Crippen molar-refractivity contribution in [1.82, 2.24) is 0 Å². The molecule has 0 amide bonds. The third-order valence-electron chi connectivity index (χ3n) is 4.30. The van der Waals surface area contributed by atoms with E-state index in [1.807, 2.05) is 19.1 Å². The Morgan fingerprint density at radius 3 is 2.67 bits per heavy atom. The number of benzene rings is 1. The van der Waals surface area contributed by atoms with Crippen molar-refractivity contribution >= 4 is 11.6 Å². The van der Waals surface area contributed by atoms with Gasteiger partial charge in [0.15, 0.2) is 0 Å². The lowest BCUT2D eigenvalue weighted by Crippen LogP contribution is -2.25. The molecule has 0 radical (unpaired) electrons. The molecule has 1 aliphatic carbocycles. The lowest BCUT2D eigenvalue weighted by molar-refractivity contribution is 0.0452. The predicted molar refractivity (Wildman–Crippen MR) is 76.9 cm³/mol. The molecule has 1 aliphatic rings. The highest BCUT2D eigenvalue weighted by Crippen LogP contribution is 2.40. The molecule has 0 saturated heterocycles. The fraction of sp³-hybridized carbons (Fsp3) is 0.625. The third kappa shape index (κ3) is 3.07. The van der Waals surface area contributed by atoms with E-state index in [2.05, 4.69) is 13.0 Å². The fourth-order valence-corrected chi connectivity index (χ4v) is 3.64. The zero-order valence-corrected chi connectivity index (χ0v) is 12.1. The van der Waals surface area contributed by atoms with E-state index in [1.165, 1.54) is 25.7 Å². The Hall–Kier alpha value is -0.530. The van der Waals surface area contributed by atoms with Gasteiger partial charge in [-0.15, -0.1) is 0 Å². The van der Waals surface area contributed by atoms with Crippen LogP contribution in [0.4, 0.5) is 0 Å². The van der Waals surface area contributed by atoms with Gasteiger partial charge in [0.2, 0.25) is 0 Å². The van der Waals surface area contributed by atoms with Gasteiger partial charge in [0.05, 0.1) is 6.10 Å². The van der Waals surface area contributed by atoms with Gasteiger partial charge < -0.3 is 5.11 Å². The molecule has 2 rings (SSSR count). The van der Waals surface area contributed by atoms with Crippen molar-refractivity contribution in [2.75, 3.05) is 0 Å². The molecule has 0 bridgehead atoms. The Balaban J connectivity index is 2.20. The Labute approximate surface area is 115 Å². The van der Waals surface area contributed by atoms with Crippen molar-refractivity contribution in [3.63, 3.8) is 0 Å². The molecular weight excluding hydrogens is 244 g/mol. The quantitative estimate of drug-likeness (QED) is 0.825. The molecule has 1 saturated carbocycles. The van der Waals surface area contributed by atoms with Crippen molar-refractivity contribution in [1.29, 1.82) is 0 Å². The van der Waals surface area contributed by atoms with E-state index >= 15 is 0 Å². The van der Waals surface area contributed by atoms with E-state index in [1.54, 1.807) is 0 Å². The molecule has 3 atom stereocenters. The van der Waals surface area contributed by atoms with Crippen LogP contribution in [0.3, 0.4) is 0 Å². The van der Waals surface area contributed by atoms with Crippen molar-refractivity contribution in [2.45, 2.75) is 52.1 Å². The number of halogens is 1. The van der Waals surface area contributed by atoms with Crippen molar-refractivity contribution < 1.29 is 5.11 Å². The summed E-state index contributed by atoms with van der Waals surface area (Å²) in [6.07, 6.45) is 5.78. The Morgan fingerprint density at radius 1 is 1.28 bits per heavy atom. The van der Waals surface area contributed by atoms with E-state index in [0.717, 1.165) is 22.6 Å². The van der Waals surface area contributed by atoms with Gasteiger partial charge in [-0.2, -0.15) is 0 Å². The molecule has 0 aromatic heterocycles. The first-order valence-electron chi connectivity index (χ1n) is 7.07. The molecule has 0 spiro atoms. The van der Waals surface area contributed by atoms with Crippen LogP contribution in [0.15, 0.2) is 18.2 Å². The van der Waals surface area contributed by atoms with Gasteiger partial charge in [0.1, 0.15) is 0 Å². The minimum Gasteiger partial charge on any atom is -0.388 e. The first-order valence-corrected chi connectivity index (χ1v) is 7.44. The maximum atomic E-state index is 10.6. The van der Waals surface area contributed by atoms with Crippen LogP contribution in [0.5, 0.6) is 0 Å². The number of aliphatic hydroxyl groups is 1. The average molecular weight is 267 g/mol. The van der Waals surface area contributed by atoms with Gasteiger partial charge in [0.25, 0.3) is 0 Å². The number of aryl methyl sites for hydroxylation is 1. The van der Waals surface area contributed by atoms with E-state index < -0.39 is 0 Å². The standard InChI is InChI=1S/C16H23ClO/c1-3-12-6-4-5-7-15(12)16(18)13-8-11(2)9-14(17)10-13/h8-10,12,15-16,18H,3-7H2,1-2H3. The molecule has 2 heteroatoms. The molecule has 0 aliphatic heterocycles. The summed E-state index contributed by atoms with van der Waals surface area (Å²) in [5.41, 5.74) is 2.12. The van der Waals surface area contributed by atoms with Gasteiger partial charge in [-0.3, -0.25) is 0 Å². The van der Waals surface area contributed by atoms with Gasteiger partial charge >= 0.3 is 0 Å². The summed E-state index contributed by atoms with van der Waals surface area (Å²) in [4.78, 5) is 0. The predicted octanol–water partition coefficient (Wildman–Crippen LogP) is 4.90. The topological polar surface area (TPSA) is 20.2 Å². The molecule has 0 heterocycles. The van der Waals surface area contributed by atoms with Crippen LogP contribution >= 0.6 is 11.6 Å². The highest BCUT2D eigenvalue weighted by molar-refractivity contribution is 6.30. The lowest BCUT2D eigenvalue weighted by atomic mass is 9.73. The summed E-state index contributed by atoms with van der Waals surface area (Å²) in [6, 6.07) is 5.92. The summed E-state index contributed by atoms with van der Waals surface area (Å²) in [6.45, 7) is 4.26. The van der Waals surface area contributed by atoms with E-state index in [0.29, 0.717) is 11.8 Å². The maximum absolute atomic E-state index is 10.6. The highest BCUT2D eigenvalue weighted by atomic mass is 35.5. The van der Waals surface area contributed by atoms with Gasteiger partial charge in [-0.25, -0.2) is 0 Å². The smallest absolute Gasteiger partial charge is 0.0821 e. The van der Waals surface area contributed by atoms with Crippen LogP contribution in [0.25, 0.3) is 0 Å². The SMILES string of the molecule is CCC1CCCCC1C(O)c1cc(C)cc(Cl)c1. The second-order valence-corrected chi connectivity index (χ2v) is 6.06. The van der Waals surface area contributed by atoms with Gasteiger partial charge in [-0.05, 0) is 48.4 Å². The van der Waals surface area contributed by atoms with Crippen LogP contribution in [-0.2, 0) is 0 Å². The van der Waals surface area contributed by atoms with Gasteiger partial charge in [0, 0.05) is 5.02 Å². The zero-order chi connectivity index (χ0) is 13.1. The van der Waals surface area contributed by atoms with Crippen LogP contribution < -0.4 is 0 Å². The van der Waals surface area contributed by atoms with Crippen molar-refractivity contribution in [3.05, 3.63) is 34.3 Å². The Morgan fingerprint density at radius 2 is 2.00 bits per heavy atom. The molecule has 1 aromatic rings. The molecule has 18 heavy (non-hydrogen) atoms. The summed E-state index contributed by atoms with van der Waals surface area (Å²) in [7, 11) is 0. The zero-order valence-electron chi connectivity index (χ0n) is 11.3. The Kier molecular flexibility index (Phi) is 4.69. The van der Waals surface area contributed by atoms with E-state index in [-0.39, 0.29) is 6.10 Å². The van der Waals surface area contributed by atoms with Crippen LogP contribution in [0.1, 0.15) is 56.3 Å². The summed E-state index contributed by atoms with van der Waals surface area (Å²) >= 11 is 6.09. The molecule has 3 unspecified atom stereocenters. The second-order valence-electron chi connectivity index (χ2n) is 5.62. The highest BCUT2D eigenvalue weighted by Gasteiger charge is 2.30. The van der Waals surface area contributed by atoms with E-state index in [4.69, 9.17) is 11.6 Å². The summed E-state index contributed by atoms with van der Waals surface area (Å²) < 4.78 is 0. The van der Waals surface area contributed by atoms with E-state index in [9.17, 15) is 5.11 Å². The van der Waals surface area contributed by atoms with Crippen molar-refractivity contribution in [3.8, 4) is 0 Å². The normalized spacial score (nSPS) is 26.0. The average Bonchev–Trinajstić information content (AvgIpc) is 2.36. The molecule has 1 aromatic carbocycles. The van der Waals surface area contributed by atoms with Crippen LogP contribution in [0.2, 0.25) is 5.02 Å². The molecular formula is C16H23ClO. The number of hydrogen-bond donors (Lipinski definition) is 1. The first kappa shape index (κ1) is 13.9. The number of rotatable bonds is 3. The molecule has 1 fully saturated rings. The third-order valence-corrected chi connectivity index (χ3v) is 4.52. The lowest BCUT2D eigenvalue weighted by Gasteiger charge is -2.34. The van der Waals surface area contributed by atoms with Gasteiger partial charge in [-0.1, -0.05) is 50.3 Å². The maximum Gasteiger partial charge on any atom is 0.0821 e. The summed E-state index contributed by atoms with van der Waals surface area (Å²) in [5.74, 6) is 1.06. The molecule has 100 valence electrons. The molecule has 1 nitrogen and oxygen atoms in total. The first-order chi connectivity index (χ1) is 8.61. The van der Waals surface area contributed by atoms with Crippen molar-refractivity contribution in [2.24, 2.45) is 11.8 Å².